The molecule has 24 heavy (non-hydrogen) atoms. The fraction of sp³-hybridized carbons (Fsp3) is 0.647. The van der Waals surface area contributed by atoms with Crippen molar-refractivity contribution in [2.24, 2.45) is 0 Å². The Morgan fingerprint density at radius 2 is 1.88 bits per heavy atom. The fourth-order valence-electron chi connectivity index (χ4n) is 2.08. The minimum atomic E-state index is -0.526. The number of nitrogens with zero attached hydrogens (tertiary/aromatic N) is 1. The Morgan fingerprint density at radius 3 is 2.33 bits per heavy atom. The highest BCUT2D eigenvalue weighted by atomic mass is 16.7. The van der Waals surface area contributed by atoms with Gasteiger partial charge in [0.1, 0.15) is 5.60 Å². The number of carbonyl (C=O) groups excluding carboxylic acids is 1. The van der Waals surface area contributed by atoms with Crippen LogP contribution in [0.3, 0.4) is 0 Å². The minimum absolute atomic E-state index is 0.172. The SMILES string of the molecule is COc1ccc(C(CC(=O)OC(C)(C)C)NCC(OC)OC)cn1. The van der Waals surface area contributed by atoms with Gasteiger partial charge in [0.15, 0.2) is 6.29 Å². The van der Waals surface area contributed by atoms with Crippen molar-refractivity contribution in [1.29, 1.82) is 0 Å². The first-order valence-electron chi connectivity index (χ1n) is 7.79. The van der Waals surface area contributed by atoms with Crippen LogP contribution < -0.4 is 10.1 Å². The van der Waals surface area contributed by atoms with Gasteiger partial charge < -0.3 is 24.3 Å². The summed E-state index contributed by atoms with van der Waals surface area (Å²) in [6.07, 6.45) is 1.44. The van der Waals surface area contributed by atoms with Gasteiger partial charge in [0.25, 0.3) is 0 Å². The maximum absolute atomic E-state index is 12.2. The molecule has 7 heteroatoms. The van der Waals surface area contributed by atoms with Gasteiger partial charge in [-0.05, 0) is 26.3 Å². The topological polar surface area (TPSA) is 78.9 Å². The smallest absolute Gasteiger partial charge is 0.308 e. The van der Waals surface area contributed by atoms with E-state index in [-0.39, 0.29) is 18.4 Å². The zero-order valence-corrected chi connectivity index (χ0v) is 15.3. The van der Waals surface area contributed by atoms with Crippen molar-refractivity contribution >= 4 is 5.97 Å². The van der Waals surface area contributed by atoms with Crippen molar-refractivity contribution in [1.82, 2.24) is 10.3 Å². The van der Waals surface area contributed by atoms with Gasteiger partial charge in [-0.3, -0.25) is 4.79 Å². The van der Waals surface area contributed by atoms with Crippen molar-refractivity contribution in [3.8, 4) is 5.88 Å². The van der Waals surface area contributed by atoms with Crippen LogP contribution in [0.5, 0.6) is 5.88 Å². The van der Waals surface area contributed by atoms with Gasteiger partial charge in [-0.15, -0.1) is 0 Å². The third kappa shape index (κ3) is 7.25. The van der Waals surface area contributed by atoms with Crippen LogP contribution in [-0.4, -0.2) is 50.7 Å². The Labute approximate surface area is 143 Å². The molecule has 1 rings (SSSR count). The quantitative estimate of drug-likeness (QED) is 0.544. The highest BCUT2D eigenvalue weighted by Gasteiger charge is 2.22. The average Bonchev–Trinajstić information content (AvgIpc) is 2.53. The number of ether oxygens (including phenoxy) is 4. The number of aromatic nitrogens is 1. The number of methoxy groups -OCH3 is 3. The van der Waals surface area contributed by atoms with E-state index >= 15 is 0 Å². The first-order valence-corrected chi connectivity index (χ1v) is 7.79. The second-order valence-corrected chi connectivity index (χ2v) is 6.29. The summed E-state index contributed by atoms with van der Waals surface area (Å²) in [7, 11) is 4.68. The number of carbonyl (C=O) groups is 1. The lowest BCUT2D eigenvalue weighted by Crippen LogP contribution is -2.35. The van der Waals surface area contributed by atoms with Gasteiger partial charge in [-0.2, -0.15) is 0 Å². The van der Waals surface area contributed by atoms with Gasteiger partial charge in [-0.25, -0.2) is 4.98 Å². The van der Waals surface area contributed by atoms with E-state index in [1.165, 1.54) is 0 Å². The number of hydrogen-bond acceptors (Lipinski definition) is 7. The summed E-state index contributed by atoms with van der Waals surface area (Å²) in [6, 6.07) is 3.34. The Kier molecular flexibility index (Phi) is 8.10. The van der Waals surface area contributed by atoms with Crippen LogP contribution in [0.2, 0.25) is 0 Å². The van der Waals surface area contributed by atoms with E-state index in [0.29, 0.717) is 12.4 Å². The van der Waals surface area contributed by atoms with Crippen LogP contribution in [0.4, 0.5) is 0 Å². The normalized spacial score (nSPS) is 13.0. The zero-order chi connectivity index (χ0) is 18.2. The third-order valence-electron chi connectivity index (χ3n) is 3.22. The summed E-state index contributed by atoms with van der Waals surface area (Å²) in [5, 5.41) is 3.26. The highest BCUT2D eigenvalue weighted by molar-refractivity contribution is 5.71. The van der Waals surface area contributed by atoms with Crippen molar-refractivity contribution in [3.05, 3.63) is 23.9 Å². The van der Waals surface area contributed by atoms with Crippen LogP contribution in [0.15, 0.2) is 18.3 Å². The number of hydrogen-bond donors (Lipinski definition) is 1. The molecule has 1 heterocycles. The van der Waals surface area contributed by atoms with Gasteiger partial charge in [0.05, 0.1) is 13.5 Å². The molecule has 0 radical (unpaired) electrons. The maximum Gasteiger partial charge on any atom is 0.308 e. The summed E-state index contributed by atoms with van der Waals surface area (Å²) < 4.78 is 20.8. The molecule has 1 aromatic rings. The van der Waals surface area contributed by atoms with Gasteiger partial charge in [0.2, 0.25) is 5.88 Å². The first kappa shape index (κ1) is 20.3. The van der Waals surface area contributed by atoms with E-state index in [2.05, 4.69) is 10.3 Å². The molecule has 0 aromatic carbocycles. The molecule has 7 nitrogen and oxygen atoms in total. The van der Waals surface area contributed by atoms with Gasteiger partial charge >= 0.3 is 5.97 Å². The van der Waals surface area contributed by atoms with E-state index < -0.39 is 11.9 Å². The molecule has 1 unspecified atom stereocenters. The molecule has 0 aliphatic heterocycles. The average molecular weight is 340 g/mol. The molecule has 0 aliphatic rings. The van der Waals surface area contributed by atoms with E-state index in [0.717, 1.165) is 5.56 Å². The summed E-state index contributed by atoms with van der Waals surface area (Å²) >= 11 is 0. The molecule has 0 amide bonds. The lowest BCUT2D eigenvalue weighted by atomic mass is 10.1. The molecule has 0 saturated carbocycles. The molecular weight excluding hydrogens is 312 g/mol. The van der Waals surface area contributed by atoms with E-state index in [9.17, 15) is 4.79 Å². The maximum atomic E-state index is 12.2. The molecule has 1 atom stereocenters. The van der Waals surface area contributed by atoms with Crippen molar-refractivity contribution in [3.63, 3.8) is 0 Å². The monoisotopic (exact) mass is 340 g/mol. The number of nitrogens with one attached hydrogen (secondary N) is 1. The summed E-state index contributed by atoms with van der Waals surface area (Å²) in [6.45, 7) is 5.95. The van der Waals surface area contributed by atoms with Crippen molar-refractivity contribution in [2.75, 3.05) is 27.9 Å². The van der Waals surface area contributed by atoms with Crippen LogP contribution in [-0.2, 0) is 19.0 Å². The number of pyridine rings is 1. The molecule has 1 N–H and O–H groups in total. The van der Waals surface area contributed by atoms with Crippen molar-refractivity contribution in [2.45, 2.75) is 45.1 Å². The zero-order valence-electron chi connectivity index (χ0n) is 15.3. The predicted molar refractivity (Wildman–Crippen MR) is 89.8 cm³/mol. The Balaban J connectivity index is 2.83. The van der Waals surface area contributed by atoms with Gasteiger partial charge in [-0.1, -0.05) is 6.07 Å². The molecular formula is C17H28N2O5. The Morgan fingerprint density at radius 1 is 1.21 bits per heavy atom. The second kappa shape index (κ2) is 9.56. The van der Waals surface area contributed by atoms with Gasteiger partial charge in [0, 0.05) is 39.1 Å². The molecule has 0 spiro atoms. The van der Waals surface area contributed by atoms with Crippen LogP contribution >= 0.6 is 0 Å². The molecule has 1 aromatic heterocycles. The van der Waals surface area contributed by atoms with Crippen LogP contribution in [0.25, 0.3) is 0 Å². The van der Waals surface area contributed by atoms with E-state index in [4.69, 9.17) is 18.9 Å². The van der Waals surface area contributed by atoms with Crippen molar-refractivity contribution < 1.29 is 23.7 Å². The second-order valence-electron chi connectivity index (χ2n) is 6.29. The molecule has 0 fully saturated rings. The molecule has 0 saturated heterocycles. The molecule has 136 valence electrons. The van der Waals surface area contributed by atoms with Crippen LogP contribution in [0.1, 0.15) is 38.8 Å². The molecule has 0 aliphatic carbocycles. The summed E-state index contributed by atoms with van der Waals surface area (Å²) in [5.41, 5.74) is 0.328. The lowest BCUT2D eigenvalue weighted by molar-refractivity contribution is -0.155. The standard InChI is InChI=1S/C17H28N2O5/c1-17(2,3)24-15(20)9-13(18-11-16(22-5)23-6)12-7-8-14(21-4)19-10-12/h7-8,10,13,16,18H,9,11H2,1-6H3. The molecule has 0 bridgehead atoms. The minimum Gasteiger partial charge on any atom is -0.481 e. The van der Waals surface area contributed by atoms with Crippen LogP contribution in [0, 0.1) is 0 Å². The van der Waals surface area contributed by atoms with E-state index in [1.807, 2.05) is 26.8 Å². The highest BCUT2D eigenvalue weighted by Crippen LogP contribution is 2.20. The largest absolute Gasteiger partial charge is 0.481 e. The van der Waals surface area contributed by atoms with E-state index in [1.54, 1.807) is 33.6 Å². The fourth-order valence-corrected chi connectivity index (χ4v) is 2.08. The third-order valence-corrected chi connectivity index (χ3v) is 3.22. The Hall–Kier alpha value is -1.70. The summed E-state index contributed by atoms with van der Waals surface area (Å²) in [5.74, 6) is 0.226. The number of rotatable bonds is 9. The number of esters is 1. The predicted octanol–water partition coefficient (Wildman–Crippen LogP) is 2.07. The lowest BCUT2D eigenvalue weighted by Gasteiger charge is -2.24. The summed E-state index contributed by atoms with van der Waals surface area (Å²) in [4.78, 5) is 16.4. The Bertz CT molecular complexity index is 495. The first-order chi connectivity index (χ1) is 11.3.